The summed E-state index contributed by atoms with van der Waals surface area (Å²) in [6.07, 6.45) is -0.335. The van der Waals surface area contributed by atoms with E-state index in [4.69, 9.17) is 21.3 Å². The highest BCUT2D eigenvalue weighted by molar-refractivity contribution is 6.32. The minimum atomic E-state index is -0.624. The fourth-order valence-corrected chi connectivity index (χ4v) is 2.74. The molecule has 3 rings (SSSR count). The maximum absolute atomic E-state index is 12.5. The predicted octanol–water partition coefficient (Wildman–Crippen LogP) is 3.53. The van der Waals surface area contributed by atoms with Crippen LogP contribution in [0.1, 0.15) is 18.1 Å². The van der Waals surface area contributed by atoms with Gasteiger partial charge in [0.15, 0.2) is 6.04 Å². The van der Waals surface area contributed by atoms with Gasteiger partial charge in [0.25, 0.3) is 5.91 Å². The highest BCUT2D eigenvalue weighted by Crippen LogP contribution is 2.28. The predicted molar refractivity (Wildman–Crippen MR) is 92.4 cm³/mol. The molecule has 0 saturated heterocycles. The van der Waals surface area contributed by atoms with Crippen molar-refractivity contribution in [2.24, 2.45) is 4.99 Å². The number of fused-ring (bicyclic) bond motifs is 1. The van der Waals surface area contributed by atoms with Crippen molar-refractivity contribution >= 4 is 28.9 Å². The lowest BCUT2D eigenvalue weighted by Crippen LogP contribution is -2.35. The molecular formula is C18H17ClN2O2. The number of anilines is 1. The van der Waals surface area contributed by atoms with Gasteiger partial charge in [-0.1, -0.05) is 41.9 Å². The zero-order valence-electron chi connectivity index (χ0n) is 12.9. The summed E-state index contributed by atoms with van der Waals surface area (Å²) in [6.45, 7) is 1.83. The fraction of sp³-hybridized carbons (Fsp3) is 0.222. The molecule has 5 heteroatoms. The molecule has 0 spiro atoms. The number of amides is 1. The normalized spacial score (nSPS) is 18.5. The highest BCUT2D eigenvalue weighted by Gasteiger charge is 2.30. The van der Waals surface area contributed by atoms with Crippen molar-refractivity contribution in [3.05, 3.63) is 64.7 Å². The first kappa shape index (κ1) is 15.7. The van der Waals surface area contributed by atoms with Gasteiger partial charge >= 0.3 is 0 Å². The SMILES string of the molecule is COC(C)C1N=C(c2ccccc2)c2cc(Cl)ccc2NC1=O. The molecule has 1 heterocycles. The minimum absolute atomic E-state index is 0.186. The van der Waals surface area contributed by atoms with Crippen LogP contribution in [-0.2, 0) is 9.53 Å². The second kappa shape index (κ2) is 6.52. The Hall–Kier alpha value is -2.17. The number of halogens is 1. The van der Waals surface area contributed by atoms with E-state index in [9.17, 15) is 4.79 Å². The van der Waals surface area contributed by atoms with Gasteiger partial charge in [0.2, 0.25) is 0 Å². The number of hydrogen-bond acceptors (Lipinski definition) is 3. The summed E-state index contributed by atoms with van der Waals surface area (Å²) in [4.78, 5) is 17.2. The van der Waals surface area contributed by atoms with Crippen LogP contribution < -0.4 is 5.32 Å². The van der Waals surface area contributed by atoms with E-state index >= 15 is 0 Å². The van der Waals surface area contributed by atoms with Crippen LogP contribution in [0.3, 0.4) is 0 Å². The first-order valence-corrected chi connectivity index (χ1v) is 7.74. The van der Waals surface area contributed by atoms with Crippen molar-refractivity contribution in [2.75, 3.05) is 12.4 Å². The number of ether oxygens (including phenoxy) is 1. The van der Waals surface area contributed by atoms with Crippen LogP contribution in [0.2, 0.25) is 5.02 Å². The van der Waals surface area contributed by atoms with E-state index in [0.29, 0.717) is 10.7 Å². The van der Waals surface area contributed by atoms with Crippen molar-refractivity contribution in [3.63, 3.8) is 0 Å². The fourth-order valence-electron chi connectivity index (χ4n) is 2.57. The van der Waals surface area contributed by atoms with Gasteiger partial charge in [0, 0.05) is 23.3 Å². The Morgan fingerprint density at radius 2 is 1.96 bits per heavy atom. The Kier molecular flexibility index (Phi) is 4.46. The molecule has 2 aromatic carbocycles. The highest BCUT2D eigenvalue weighted by atomic mass is 35.5. The van der Waals surface area contributed by atoms with Gasteiger partial charge in [-0.15, -0.1) is 0 Å². The smallest absolute Gasteiger partial charge is 0.251 e. The molecule has 1 aliphatic rings. The summed E-state index contributed by atoms with van der Waals surface area (Å²) in [5.41, 5.74) is 3.17. The molecule has 2 atom stereocenters. The molecule has 1 N–H and O–H groups in total. The van der Waals surface area contributed by atoms with Crippen molar-refractivity contribution in [2.45, 2.75) is 19.1 Å². The molecule has 23 heavy (non-hydrogen) atoms. The van der Waals surface area contributed by atoms with Gasteiger partial charge in [-0.2, -0.15) is 0 Å². The molecule has 118 valence electrons. The third-order valence-electron chi connectivity index (χ3n) is 3.90. The van der Waals surface area contributed by atoms with Crippen LogP contribution in [0, 0.1) is 0 Å². The summed E-state index contributed by atoms with van der Waals surface area (Å²) in [6, 6.07) is 14.5. The molecule has 0 saturated carbocycles. The number of hydrogen-bond donors (Lipinski definition) is 1. The standard InChI is InChI=1S/C18H17ClN2O2/c1-11(23-2)16-18(22)20-15-9-8-13(19)10-14(15)17(21-16)12-6-4-3-5-7-12/h3-11,16H,1-2H3,(H,20,22). The zero-order valence-corrected chi connectivity index (χ0v) is 13.7. The Balaban J connectivity index is 2.21. The lowest BCUT2D eigenvalue weighted by molar-refractivity contribution is -0.119. The molecule has 0 aromatic heterocycles. The largest absolute Gasteiger partial charge is 0.379 e. The van der Waals surface area contributed by atoms with Gasteiger partial charge in [-0.25, -0.2) is 0 Å². The lowest BCUT2D eigenvalue weighted by Gasteiger charge is -2.17. The molecule has 0 fully saturated rings. The second-order valence-corrected chi connectivity index (χ2v) is 5.84. The van der Waals surface area contributed by atoms with E-state index in [1.165, 1.54) is 0 Å². The molecule has 2 unspecified atom stereocenters. The first-order valence-electron chi connectivity index (χ1n) is 7.37. The van der Waals surface area contributed by atoms with Gasteiger partial charge in [-0.3, -0.25) is 9.79 Å². The van der Waals surface area contributed by atoms with Crippen LogP contribution in [0.15, 0.2) is 53.5 Å². The number of carbonyl (C=O) groups excluding carboxylic acids is 1. The number of benzodiazepines with no additional fused rings is 1. The summed E-state index contributed by atoms with van der Waals surface area (Å²) in [7, 11) is 1.57. The maximum atomic E-state index is 12.5. The average molecular weight is 329 g/mol. The molecule has 0 bridgehead atoms. The van der Waals surface area contributed by atoms with Gasteiger partial charge in [-0.05, 0) is 25.1 Å². The number of benzene rings is 2. The average Bonchev–Trinajstić information content (AvgIpc) is 2.71. The van der Waals surface area contributed by atoms with E-state index in [0.717, 1.165) is 16.8 Å². The lowest BCUT2D eigenvalue weighted by atomic mass is 10.0. The van der Waals surface area contributed by atoms with Crippen LogP contribution in [0.4, 0.5) is 5.69 Å². The number of nitrogens with one attached hydrogen (secondary N) is 1. The third kappa shape index (κ3) is 3.14. The Morgan fingerprint density at radius 3 is 2.65 bits per heavy atom. The molecule has 1 amide bonds. The van der Waals surface area contributed by atoms with Crippen LogP contribution in [0.5, 0.6) is 0 Å². The van der Waals surface area contributed by atoms with Crippen molar-refractivity contribution in [3.8, 4) is 0 Å². The third-order valence-corrected chi connectivity index (χ3v) is 4.13. The van der Waals surface area contributed by atoms with Gasteiger partial charge in [0.05, 0.1) is 17.5 Å². The molecular weight excluding hydrogens is 312 g/mol. The zero-order chi connectivity index (χ0) is 16.4. The summed E-state index contributed by atoms with van der Waals surface area (Å²) in [5.74, 6) is -0.186. The topological polar surface area (TPSA) is 50.7 Å². The molecule has 2 aromatic rings. The van der Waals surface area contributed by atoms with E-state index in [1.807, 2.05) is 43.3 Å². The van der Waals surface area contributed by atoms with Gasteiger partial charge < -0.3 is 10.1 Å². The molecule has 1 aliphatic heterocycles. The molecule has 0 aliphatic carbocycles. The molecule has 4 nitrogen and oxygen atoms in total. The van der Waals surface area contributed by atoms with Crippen LogP contribution in [0.25, 0.3) is 0 Å². The van der Waals surface area contributed by atoms with E-state index in [1.54, 1.807) is 19.2 Å². The number of methoxy groups -OCH3 is 1. The quantitative estimate of drug-likeness (QED) is 0.937. The first-order chi connectivity index (χ1) is 11.1. The van der Waals surface area contributed by atoms with Crippen LogP contribution in [-0.4, -0.2) is 30.9 Å². The summed E-state index contributed by atoms with van der Waals surface area (Å²) in [5, 5.41) is 3.52. The van der Waals surface area contributed by atoms with E-state index in [-0.39, 0.29) is 12.0 Å². The number of carbonyl (C=O) groups is 1. The number of rotatable bonds is 3. The monoisotopic (exact) mass is 328 g/mol. The second-order valence-electron chi connectivity index (χ2n) is 5.41. The Morgan fingerprint density at radius 1 is 1.22 bits per heavy atom. The van der Waals surface area contributed by atoms with E-state index in [2.05, 4.69) is 5.32 Å². The maximum Gasteiger partial charge on any atom is 0.251 e. The minimum Gasteiger partial charge on any atom is -0.379 e. The van der Waals surface area contributed by atoms with E-state index < -0.39 is 6.04 Å². The van der Waals surface area contributed by atoms with Gasteiger partial charge in [0.1, 0.15) is 0 Å². The molecule has 0 radical (unpaired) electrons. The number of aliphatic imine (C=N–C) groups is 1. The Bertz CT molecular complexity index is 759. The van der Waals surface area contributed by atoms with Crippen LogP contribution >= 0.6 is 11.6 Å². The summed E-state index contributed by atoms with van der Waals surface area (Å²) < 4.78 is 5.33. The number of nitrogens with zero attached hydrogens (tertiary/aromatic N) is 1. The van der Waals surface area contributed by atoms with Crippen molar-refractivity contribution in [1.29, 1.82) is 0 Å². The van der Waals surface area contributed by atoms with Crippen molar-refractivity contribution in [1.82, 2.24) is 0 Å². The van der Waals surface area contributed by atoms with Crippen molar-refractivity contribution < 1.29 is 9.53 Å². The Labute approximate surface area is 140 Å². The summed E-state index contributed by atoms with van der Waals surface area (Å²) >= 11 is 6.15.